The first-order valence-electron chi connectivity index (χ1n) is 6.87. The van der Waals surface area contributed by atoms with Crippen LogP contribution in [0, 0.1) is 6.92 Å². The minimum absolute atomic E-state index is 0.230. The van der Waals surface area contributed by atoms with Crippen LogP contribution in [0.2, 0.25) is 0 Å². The number of carbonyl (C=O) groups is 1. The monoisotopic (exact) mass is 363 g/mol. The van der Waals surface area contributed by atoms with Crippen LogP contribution < -0.4 is 14.8 Å². The second-order valence-corrected chi connectivity index (χ2v) is 5.82. The van der Waals surface area contributed by atoms with E-state index in [0.717, 1.165) is 10.0 Å². The van der Waals surface area contributed by atoms with Crippen LogP contribution in [-0.4, -0.2) is 19.1 Å². The third kappa shape index (κ3) is 4.24. The van der Waals surface area contributed by atoms with Gasteiger partial charge in [-0.25, -0.2) is 0 Å². The lowest BCUT2D eigenvalue weighted by Gasteiger charge is -2.16. The van der Waals surface area contributed by atoms with Gasteiger partial charge in [0.15, 0.2) is 6.10 Å². The smallest absolute Gasteiger partial charge is 0.265 e. The number of ether oxygens (including phenoxy) is 2. The summed E-state index contributed by atoms with van der Waals surface area (Å²) in [5.74, 6) is 1.03. The zero-order valence-corrected chi connectivity index (χ0v) is 14.3. The fourth-order valence-corrected chi connectivity index (χ4v) is 2.19. The van der Waals surface area contributed by atoms with Crippen LogP contribution in [0.4, 0.5) is 5.69 Å². The van der Waals surface area contributed by atoms with Gasteiger partial charge < -0.3 is 14.8 Å². The van der Waals surface area contributed by atoms with Gasteiger partial charge in [-0.3, -0.25) is 4.79 Å². The van der Waals surface area contributed by atoms with Gasteiger partial charge in [0.1, 0.15) is 11.5 Å². The van der Waals surface area contributed by atoms with Crippen molar-refractivity contribution in [2.45, 2.75) is 20.0 Å². The molecule has 0 bridgehead atoms. The number of aryl methyl sites for hydroxylation is 1. The summed E-state index contributed by atoms with van der Waals surface area (Å²) in [6.45, 7) is 3.66. The molecule has 0 saturated heterocycles. The van der Waals surface area contributed by atoms with Gasteiger partial charge in [-0.2, -0.15) is 0 Å². The van der Waals surface area contributed by atoms with E-state index in [1.807, 2.05) is 37.3 Å². The van der Waals surface area contributed by atoms with Gasteiger partial charge in [0, 0.05) is 4.47 Å². The Kier molecular flexibility index (Phi) is 5.44. The highest BCUT2D eigenvalue weighted by Crippen LogP contribution is 2.25. The number of anilines is 1. The van der Waals surface area contributed by atoms with Crippen molar-refractivity contribution >= 4 is 27.5 Å². The standard InChI is InChI=1S/C17H18BrNO3/c1-11-4-9-16(21-3)15(10-11)19-17(20)12(2)22-14-7-5-13(18)6-8-14/h4-10,12H,1-3H3,(H,19,20). The van der Waals surface area contributed by atoms with E-state index >= 15 is 0 Å². The number of rotatable bonds is 5. The van der Waals surface area contributed by atoms with E-state index in [4.69, 9.17) is 9.47 Å². The average molecular weight is 364 g/mol. The molecule has 0 aliphatic rings. The summed E-state index contributed by atoms with van der Waals surface area (Å²) in [7, 11) is 1.57. The predicted molar refractivity (Wildman–Crippen MR) is 90.6 cm³/mol. The molecule has 1 amide bonds. The van der Waals surface area contributed by atoms with Crippen LogP contribution in [0.25, 0.3) is 0 Å². The molecule has 2 rings (SSSR count). The summed E-state index contributed by atoms with van der Waals surface area (Å²) in [6, 6.07) is 13.0. The molecule has 0 spiro atoms. The third-order valence-electron chi connectivity index (χ3n) is 3.11. The van der Waals surface area contributed by atoms with Gasteiger partial charge in [-0.05, 0) is 55.8 Å². The number of hydrogen-bond acceptors (Lipinski definition) is 3. The molecule has 4 nitrogen and oxygen atoms in total. The van der Waals surface area contributed by atoms with Crippen LogP contribution >= 0.6 is 15.9 Å². The highest BCUT2D eigenvalue weighted by Gasteiger charge is 2.16. The highest BCUT2D eigenvalue weighted by atomic mass is 79.9. The summed E-state index contributed by atoms with van der Waals surface area (Å²) in [6.07, 6.45) is -0.619. The molecule has 1 atom stereocenters. The molecule has 0 aromatic heterocycles. The molecule has 5 heteroatoms. The minimum atomic E-state index is -0.619. The minimum Gasteiger partial charge on any atom is -0.495 e. The SMILES string of the molecule is COc1ccc(C)cc1NC(=O)C(C)Oc1ccc(Br)cc1. The molecule has 0 aliphatic carbocycles. The molecule has 0 saturated carbocycles. The maximum atomic E-state index is 12.3. The number of amides is 1. The Balaban J connectivity index is 2.05. The summed E-state index contributed by atoms with van der Waals surface area (Å²) < 4.78 is 11.8. The van der Waals surface area contributed by atoms with Crippen molar-refractivity contribution in [1.82, 2.24) is 0 Å². The number of nitrogens with one attached hydrogen (secondary N) is 1. The maximum Gasteiger partial charge on any atom is 0.265 e. The fraction of sp³-hybridized carbons (Fsp3) is 0.235. The van der Waals surface area contributed by atoms with Crippen molar-refractivity contribution < 1.29 is 14.3 Å². The normalized spacial score (nSPS) is 11.6. The van der Waals surface area contributed by atoms with E-state index in [2.05, 4.69) is 21.2 Å². The number of carbonyl (C=O) groups excluding carboxylic acids is 1. The maximum absolute atomic E-state index is 12.3. The van der Waals surface area contributed by atoms with Crippen molar-refractivity contribution in [1.29, 1.82) is 0 Å². The molecule has 0 radical (unpaired) electrons. The Bertz CT molecular complexity index is 655. The molecular weight excluding hydrogens is 346 g/mol. The Morgan fingerprint density at radius 3 is 2.50 bits per heavy atom. The highest BCUT2D eigenvalue weighted by molar-refractivity contribution is 9.10. The first-order chi connectivity index (χ1) is 10.5. The molecular formula is C17H18BrNO3. The van der Waals surface area contributed by atoms with Gasteiger partial charge in [0.05, 0.1) is 12.8 Å². The van der Waals surface area contributed by atoms with E-state index < -0.39 is 6.10 Å². The first kappa shape index (κ1) is 16.4. The largest absolute Gasteiger partial charge is 0.495 e. The Hall–Kier alpha value is -2.01. The molecule has 1 unspecified atom stereocenters. The van der Waals surface area contributed by atoms with E-state index in [1.54, 1.807) is 26.2 Å². The van der Waals surface area contributed by atoms with E-state index in [0.29, 0.717) is 17.2 Å². The molecule has 116 valence electrons. The molecule has 2 aromatic carbocycles. The Morgan fingerprint density at radius 1 is 1.18 bits per heavy atom. The van der Waals surface area contributed by atoms with Crippen molar-refractivity contribution in [3.63, 3.8) is 0 Å². The molecule has 0 fully saturated rings. The van der Waals surface area contributed by atoms with E-state index in [9.17, 15) is 4.79 Å². The van der Waals surface area contributed by atoms with Crippen molar-refractivity contribution in [3.8, 4) is 11.5 Å². The number of methoxy groups -OCH3 is 1. The van der Waals surface area contributed by atoms with Gasteiger partial charge in [-0.1, -0.05) is 22.0 Å². The molecule has 1 N–H and O–H groups in total. The van der Waals surface area contributed by atoms with E-state index in [-0.39, 0.29) is 5.91 Å². The van der Waals surface area contributed by atoms with Crippen LogP contribution in [0.15, 0.2) is 46.9 Å². The Morgan fingerprint density at radius 2 is 1.86 bits per heavy atom. The van der Waals surface area contributed by atoms with Gasteiger partial charge in [0.25, 0.3) is 5.91 Å². The van der Waals surface area contributed by atoms with Gasteiger partial charge in [0.2, 0.25) is 0 Å². The summed E-state index contributed by atoms with van der Waals surface area (Å²) in [4.78, 5) is 12.3. The van der Waals surface area contributed by atoms with Crippen molar-refractivity contribution in [2.75, 3.05) is 12.4 Å². The van der Waals surface area contributed by atoms with E-state index in [1.165, 1.54) is 0 Å². The zero-order chi connectivity index (χ0) is 16.1. The lowest BCUT2D eigenvalue weighted by atomic mass is 10.2. The summed E-state index contributed by atoms with van der Waals surface area (Å²) >= 11 is 3.36. The lowest BCUT2D eigenvalue weighted by molar-refractivity contribution is -0.122. The lowest BCUT2D eigenvalue weighted by Crippen LogP contribution is -2.30. The molecule has 2 aromatic rings. The van der Waals surface area contributed by atoms with Crippen LogP contribution in [0.1, 0.15) is 12.5 Å². The van der Waals surface area contributed by atoms with Crippen molar-refractivity contribution in [3.05, 3.63) is 52.5 Å². The van der Waals surface area contributed by atoms with Crippen LogP contribution in [0.5, 0.6) is 11.5 Å². The quantitative estimate of drug-likeness (QED) is 0.866. The average Bonchev–Trinajstić information content (AvgIpc) is 2.49. The molecule has 0 heterocycles. The van der Waals surface area contributed by atoms with Gasteiger partial charge in [-0.15, -0.1) is 0 Å². The zero-order valence-electron chi connectivity index (χ0n) is 12.7. The second-order valence-electron chi connectivity index (χ2n) is 4.91. The number of halogens is 1. The van der Waals surface area contributed by atoms with Crippen LogP contribution in [-0.2, 0) is 4.79 Å². The first-order valence-corrected chi connectivity index (χ1v) is 7.66. The fourth-order valence-electron chi connectivity index (χ4n) is 1.92. The second kappa shape index (κ2) is 7.31. The van der Waals surface area contributed by atoms with Gasteiger partial charge >= 0.3 is 0 Å². The Labute approximate surface area is 138 Å². The number of benzene rings is 2. The van der Waals surface area contributed by atoms with Crippen molar-refractivity contribution in [2.24, 2.45) is 0 Å². The topological polar surface area (TPSA) is 47.6 Å². The number of hydrogen-bond donors (Lipinski definition) is 1. The summed E-state index contributed by atoms with van der Waals surface area (Å²) in [5, 5.41) is 2.84. The third-order valence-corrected chi connectivity index (χ3v) is 3.64. The van der Waals surface area contributed by atoms with Crippen LogP contribution in [0.3, 0.4) is 0 Å². The predicted octanol–water partition coefficient (Wildman–Crippen LogP) is 4.17. The summed E-state index contributed by atoms with van der Waals surface area (Å²) in [5.41, 5.74) is 1.68. The molecule has 0 aliphatic heterocycles. The molecule has 22 heavy (non-hydrogen) atoms.